The SMILES string of the molecule is COc1cc2c(cc1OC)C(C#N)C2. The monoisotopic (exact) mass is 189 g/mol. The Hall–Kier alpha value is -1.69. The van der Waals surface area contributed by atoms with Gasteiger partial charge < -0.3 is 9.47 Å². The highest BCUT2D eigenvalue weighted by Crippen LogP contribution is 2.41. The van der Waals surface area contributed by atoms with Gasteiger partial charge in [0, 0.05) is 0 Å². The predicted octanol–water partition coefficient (Wildman–Crippen LogP) is 1.87. The lowest BCUT2D eigenvalue weighted by Gasteiger charge is -2.26. The summed E-state index contributed by atoms with van der Waals surface area (Å²) in [5, 5.41) is 8.80. The van der Waals surface area contributed by atoms with Crippen LogP contribution in [0.3, 0.4) is 0 Å². The van der Waals surface area contributed by atoms with Crippen LogP contribution in [0.25, 0.3) is 0 Å². The number of methoxy groups -OCH3 is 2. The Morgan fingerprint density at radius 2 is 1.93 bits per heavy atom. The number of nitriles is 1. The number of hydrogen-bond acceptors (Lipinski definition) is 3. The summed E-state index contributed by atoms with van der Waals surface area (Å²) in [5.74, 6) is 1.47. The number of hydrogen-bond donors (Lipinski definition) is 0. The van der Waals surface area contributed by atoms with Gasteiger partial charge in [0.25, 0.3) is 0 Å². The van der Waals surface area contributed by atoms with Crippen LogP contribution < -0.4 is 9.47 Å². The molecule has 0 heterocycles. The van der Waals surface area contributed by atoms with E-state index >= 15 is 0 Å². The Balaban J connectivity index is 2.44. The van der Waals surface area contributed by atoms with Gasteiger partial charge in [0.1, 0.15) is 0 Å². The fourth-order valence-corrected chi connectivity index (χ4v) is 1.75. The highest BCUT2D eigenvalue weighted by molar-refractivity contribution is 5.54. The van der Waals surface area contributed by atoms with Gasteiger partial charge >= 0.3 is 0 Å². The van der Waals surface area contributed by atoms with Crippen molar-refractivity contribution in [3.8, 4) is 17.6 Å². The van der Waals surface area contributed by atoms with Crippen molar-refractivity contribution < 1.29 is 9.47 Å². The van der Waals surface area contributed by atoms with Crippen molar-refractivity contribution >= 4 is 0 Å². The zero-order valence-corrected chi connectivity index (χ0v) is 8.20. The molecule has 0 saturated carbocycles. The first-order chi connectivity index (χ1) is 6.80. The molecule has 0 spiro atoms. The largest absolute Gasteiger partial charge is 0.493 e. The molecule has 0 radical (unpaired) electrons. The third-order valence-corrected chi connectivity index (χ3v) is 2.60. The van der Waals surface area contributed by atoms with E-state index in [4.69, 9.17) is 14.7 Å². The van der Waals surface area contributed by atoms with Crippen molar-refractivity contribution in [1.29, 1.82) is 5.26 Å². The Kier molecular flexibility index (Phi) is 2.05. The number of fused-ring (bicyclic) bond motifs is 1. The van der Waals surface area contributed by atoms with Crippen LogP contribution in [0.1, 0.15) is 17.0 Å². The summed E-state index contributed by atoms with van der Waals surface area (Å²) in [6, 6.07) is 6.09. The molecule has 1 aliphatic rings. The molecule has 2 rings (SSSR count). The summed E-state index contributed by atoms with van der Waals surface area (Å²) in [7, 11) is 3.22. The Morgan fingerprint density at radius 3 is 2.50 bits per heavy atom. The lowest BCUT2D eigenvalue weighted by Crippen LogP contribution is -2.15. The van der Waals surface area contributed by atoms with Crippen LogP contribution in [-0.2, 0) is 6.42 Å². The summed E-state index contributed by atoms with van der Waals surface area (Å²) in [6.07, 6.45) is 0.826. The van der Waals surface area contributed by atoms with Crippen LogP contribution in [0.2, 0.25) is 0 Å². The van der Waals surface area contributed by atoms with Gasteiger partial charge in [-0.05, 0) is 29.7 Å². The second-order valence-electron chi connectivity index (χ2n) is 3.29. The van der Waals surface area contributed by atoms with Crippen LogP contribution in [0.15, 0.2) is 12.1 Å². The fraction of sp³-hybridized carbons (Fsp3) is 0.364. The smallest absolute Gasteiger partial charge is 0.161 e. The molecule has 0 saturated heterocycles. The first-order valence-corrected chi connectivity index (χ1v) is 4.44. The van der Waals surface area contributed by atoms with E-state index in [1.807, 2.05) is 12.1 Å². The van der Waals surface area contributed by atoms with Gasteiger partial charge in [-0.25, -0.2) is 0 Å². The molecule has 1 atom stereocenters. The van der Waals surface area contributed by atoms with Crippen molar-refractivity contribution in [1.82, 2.24) is 0 Å². The molecular formula is C11H11NO2. The molecule has 0 N–H and O–H groups in total. The molecule has 1 unspecified atom stereocenters. The lowest BCUT2D eigenvalue weighted by molar-refractivity contribution is 0.353. The van der Waals surface area contributed by atoms with E-state index in [1.54, 1.807) is 14.2 Å². The highest BCUT2D eigenvalue weighted by Gasteiger charge is 2.28. The van der Waals surface area contributed by atoms with E-state index in [-0.39, 0.29) is 5.92 Å². The summed E-state index contributed by atoms with van der Waals surface area (Å²) < 4.78 is 10.3. The predicted molar refractivity (Wildman–Crippen MR) is 51.6 cm³/mol. The van der Waals surface area contributed by atoms with Crippen molar-refractivity contribution in [2.24, 2.45) is 0 Å². The van der Waals surface area contributed by atoms with Crippen molar-refractivity contribution in [3.05, 3.63) is 23.3 Å². The van der Waals surface area contributed by atoms with Crippen LogP contribution in [0.5, 0.6) is 11.5 Å². The van der Waals surface area contributed by atoms with E-state index in [9.17, 15) is 0 Å². The van der Waals surface area contributed by atoms with Crippen LogP contribution in [-0.4, -0.2) is 14.2 Å². The molecule has 0 bridgehead atoms. The second-order valence-corrected chi connectivity index (χ2v) is 3.29. The third-order valence-electron chi connectivity index (χ3n) is 2.60. The minimum absolute atomic E-state index is 0.0322. The molecule has 1 aliphatic carbocycles. The van der Waals surface area contributed by atoms with Gasteiger partial charge in [0.05, 0.1) is 26.2 Å². The molecule has 1 aromatic rings. The normalized spacial score (nSPS) is 17.6. The van der Waals surface area contributed by atoms with E-state index < -0.39 is 0 Å². The lowest BCUT2D eigenvalue weighted by atomic mass is 9.78. The average Bonchev–Trinajstić information content (AvgIpc) is 2.20. The van der Waals surface area contributed by atoms with Crippen LogP contribution >= 0.6 is 0 Å². The van der Waals surface area contributed by atoms with E-state index in [1.165, 1.54) is 5.56 Å². The second kappa shape index (κ2) is 3.22. The Bertz CT molecular complexity index is 406. The minimum Gasteiger partial charge on any atom is -0.493 e. The van der Waals surface area contributed by atoms with Crippen molar-refractivity contribution in [2.45, 2.75) is 12.3 Å². The van der Waals surface area contributed by atoms with Gasteiger partial charge in [-0.1, -0.05) is 0 Å². The maximum absolute atomic E-state index is 8.80. The van der Waals surface area contributed by atoms with E-state index in [0.717, 1.165) is 17.7 Å². The topological polar surface area (TPSA) is 42.2 Å². The van der Waals surface area contributed by atoms with Gasteiger partial charge in [0.2, 0.25) is 0 Å². The highest BCUT2D eigenvalue weighted by atomic mass is 16.5. The standard InChI is InChI=1S/C11H11NO2/c1-13-10-4-7-3-8(6-12)9(7)5-11(10)14-2/h4-5,8H,3H2,1-2H3. The number of ether oxygens (including phenoxy) is 2. The summed E-state index contributed by atoms with van der Waals surface area (Å²) in [5.41, 5.74) is 2.26. The van der Waals surface area contributed by atoms with Gasteiger partial charge in [-0.3, -0.25) is 0 Å². The molecule has 0 amide bonds. The minimum atomic E-state index is 0.0322. The molecule has 1 aromatic carbocycles. The van der Waals surface area contributed by atoms with E-state index in [0.29, 0.717) is 5.75 Å². The Morgan fingerprint density at radius 1 is 1.29 bits per heavy atom. The van der Waals surface area contributed by atoms with Crippen LogP contribution in [0, 0.1) is 11.3 Å². The quantitative estimate of drug-likeness (QED) is 0.713. The molecule has 0 aliphatic heterocycles. The maximum Gasteiger partial charge on any atom is 0.161 e. The van der Waals surface area contributed by atoms with Gasteiger partial charge in [-0.2, -0.15) is 5.26 Å². The molecule has 72 valence electrons. The fourth-order valence-electron chi connectivity index (χ4n) is 1.75. The third kappa shape index (κ3) is 1.12. The summed E-state index contributed by atoms with van der Waals surface area (Å²) >= 11 is 0. The van der Waals surface area contributed by atoms with Crippen LogP contribution in [0.4, 0.5) is 0 Å². The molecule has 3 heteroatoms. The van der Waals surface area contributed by atoms with Gasteiger partial charge in [-0.15, -0.1) is 0 Å². The molecular weight excluding hydrogens is 178 g/mol. The first kappa shape index (κ1) is 8.89. The number of benzene rings is 1. The molecule has 3 nitrogen and oxygen atoms in total. The summed E-state index contributed by atoms with van der Waals surface area (Å²) in [4.78, 5) is 0. The Labute approximate surface area is 82.9 Å². The number of nitrogens with zero attached hydrogens (tertiary/aromatic N) is 1. The first-order valence-electron chi connectivity index (χ1n) is 4.44. The molecule has 14 heavy (non-hydrogen) atoms. The number of rotatable bonds is 2. The van der Waals surface area contributed by atoms with Crippen molar-refractivity contribution in [2.75, 3.05) is 14.2 Å². The molecule has 0 aromatic heterocycles. The zero-order chi connectivity index (χ0) is 10.1. The average molecular weight is 189 g/mol. The summed E-state index contributed by atoms with van der Waals surface area (Å²) in [6.45, 7) is 0. The van der Waals surface area contributed by atoms with E-state index in [2.05, 4.69) is 6.07 Å². The van der Waals surface area contributed by atoms with Crippen molar-refractivity contribution in [3.63, 3.8) is 0 Å². The maximum atomic E-state index is 8.80. The van der Waals surface area contributed by atoms with Gasteiger partial charge in [0.15, 0.2) is 11.5 Å². The molecule has 0 fully saturated rings. The zero-order valence-electron chi connectivity index (χ0n) is 8.20.